The van der Waals surface area contributed by atoms with Crippen LogP contribution >= 0.6 is 0 Å². The highest BCUT2D eigenvalue weighted by Gasteiger charge is 1.97. The van der Waals surface area contributed by atoms with Gasteiger partial charge < -0.3 is 19.5 Å². The van der Waals surface area contributed by atoms with Crippen molar-refractivity contribution in [2.24, 2.45) is 0 Å². The third kappa shape index (κ3) is 7.82. The summed E-state index contributed by atoms with van der Waals surface area (Å²) in [6, 6.07) is 8.64. The Kier molecular flexibility index (Phi) is 8.21. The van der Waals surface area contributed by atoms with E-state index in [1.807, 2.05) is 12.1 Å². The molecule has 0 aliphatic rings. The van der Waals surface area contributed by atoms with E-state index in [1.54, 1.807) is 7.11 Å². The Labute approximate surface area is 116 Å². The molecule has 0 aromatic heterocycles. The van der Waals surface area contributed by atoms with Gasteiger partial charge in [-0.15, -0.1) is 0 Å². The average molecular weight is 267 g/mol. The summed E-state index contributed by atoms with van der Waals surface area (Å²) in [5.74, 6) is 0.878. The molecule has 1 aromatic carbocycles. The first-order chi connectivity index (χ1) is 9.22. The Balaban J connectivity index is 2.17. The van der Waals surface area contributed by atoms with Gasteiger partial charge in [0.2, 0.25) is 0 Å². The molecule has 4 heteroatoms. The zero-order valence-corrected chi connectivity index (χ0v) is 12.1. The molecule has 0 bridgehead atoms. The highest BCUT2D eigenvalue weighted by atomic mass is 16.5. The van der Waals surface area contributed by atoms with Crippen LogP contribution in [0.3, 0.4) is 0 Å². The first-order valence-electron chi connectivity index (χ1n) is 6.74. The molecule has 108 valence electrons. The van der Waals surface area contributed by atoms with Crippen LogP contribution in [0.25, 0.3) is 0 Å². The maximum atomic E-state index is 5.58. The molecule has 0 fully saturated rings. The normalized spacial score (nSPS) is 10.9. The minimum absolute atomic E-state index is 0.500. The van der Waals surface area contributed by atoms with Gasteiger partial charge in [0.05, 0.1) is 19.8 Å². The van der Waals surface area contributed by atoms with Crippen molar-refractivity contribution in [1.82, 2.24) is 5.32 Å². The van der Waals surface area contributed by atoms with Gasteiger partial charge in [-0.2, -0.15) is 0 Å². The molecular weight excluding hydrogens is 242 g/mol. The van der Waals surface area contributed by atoms with Gasteiger partial charge in [0.25, 0.3) is 0 Å². The summed E-state index contributed by atoms with van der Waals surface area (Å²) in [4.78, 5) is 0. The lowest BCUT2D eigenvalue weighted by molar-refractivity contribution is 0.0544. The molecule has 1 aromatic rings. The number of methoxy groups -OCH3 is 1. The predicted octanol–water partition coefficient (Wildman–Crippen LogP) is 2.23. The van der Waals surface area contributed by atoms with Gasteiger partial charge in [-0.25, -0.2) is 0 Å². The third-order valence-corrected chi connectivity index (χ3v) is 2.57. The van der Waals surface area contributed by atoms with Gasteiger partial charge in [-0.1, -0.05) is 26.0 Å². The first kappa shape index (κ1) is 16.0. The molecule has 0 saturated carbocycles. The van der Waals surface area contributed by atoms with Crippen LogP contribution in [0.1, 0.15) is 19.4 Å². The SMILES string of the molecule is COCCOCCOc1ccc(CNC(C)C)cc1. The van der Waals surface area contributed by atoms with Crippen molar-refractivity contribution in [3.63, 3.8) is 0 Å². The molecule has 0 amide bonds. The third-order valence-electron chi connectivity index (χ3n) is 2.57. The first-order valence-corrected chi connectivity index (χ1v) is 6.74. The topological polar surface area (TPSA) is 39.7 Å². The fourth-order valence-electron chi connectivity index (χ4n) is 1.49. The van der Waals surface area contributed by atoms with E-state index in [2.05, 4.69) is 31.3 Å². The lowest BCUT2D eigenvalue weighted by Gasteiger charge is -2.10. The van der Waals surface area contributed by atoms with Crippen molar-refractivity contribution >= 4 is 0 Å². The van der Waals surface area contributed by atoms with Crippen molar-refractivity contribution in [3.05, 3.63) is 29.8 Å². The monoisotopic (exact) mass is 267 g/mol. The van der Waals surface area contributed by atoms with Crippen molar-refractivity contribution in [2.75, 3.05) is 33.5 Å². The highest BCUT2D eigenvalue weighted by Crippen LogP contribution is 2.12. The van der Waals surface area contributed by atoms with Crippen LogP contribution in [0.4, 0.5) is 0 Å². The number of hydrogen-bond acceptors (Lipinski definition) is 4. The Bertz CT molecular complexity index is 325. The molecule has 4 nitrogen and oxygen atoms in total. The second kappa shape index (κ2) is 9.78. The van der Waals surface area contributed by atoms with Crippen LogP contribution in [-0.4, -0.2) is 39.6 Å². The summed E-state index contributed by atoms with van der Waals surface area (Å²) in [6.07, 6.45) is 0. The number of rotatable bonds is 10. The van der Waals surface area contributed by atoms with E-state index in [-0.39, 0.29) is 0 Å². The van der Waals surface area contributed by atoms with E-state index in [0.717, 1.165) is 12.3 Å². The van der Waals surface area contributed by atoms with Gasteiger partial charge in [-0.3, -0.25) is 0 Å². The molecule has 0 spiro atoms. The van der Waals surface area contributed by atoms with E-state index in [0.29, 0.717) is 32.5 Å². The fraction of sp³-hybridized carbons (Fsp3) is 0.600. The Morgan fingerprint density at radius 3 is 2.32 bits per heavy atom. The average Bonchev–Trinajstić information content (AvgIpc) is 2.41. The minimum atomic E-state index is 0.500. The molecule has 0 unspecified atom stereocenters. The van der Waals surface area contributed by atoms with Crippen LogP contribution in [0.2, 0.25) is 0 Å². The van der Waals surface area contributed by atoms with E-state index in [1.165, 1.54) is 5.56 Å². The number of hydrogen-bond donors (Lipinski definition) is 1. The Hall–Kier alpha value is -1.10. The van der Waals surface area contributed by atoms with Crippen LogP contribution in [0.15, 0.2) is 24.3 Å². The second-order valence-corrected chi connectivity index (χ2v) is 4.63. The van der Waals surface area contributed by atoms with Crippen molar-refractivity contribution in [3.8, 4) is 5.75 Å². The summed E-state index contributed by atoms with van der Waals surface area (Å²) in [5, 5.41) is 3.38. The van der Waals surface area contributed by atoms with Crippen LogP contribution in [-0.2, 0) is 16.0 Å². The second-order valence-electron chi connectivity index (χ2n) is 4.63. The number of ether oxygens (including phenoxy) is 3. The maximum Gasteiger partial charge on any atom is 0.119 e. The number of nitrogens with one attached hydrogen (secondary N) is 1. The maximum absolute atomic E-state index is 5.58. The van der Waals surface area contributed by atoms with Gasteiger partial charge in [0.1, 0.15) is 12.4 Å². The molecule has 0 atom stereocenters. The van der Waals surface area contributed by atoms with Crippen LogP contribution in [0.5, 0.6) is 5.75 Å². The lowest BCUT2D eigenvalue weighted by Crippen LogP contribution is -2.21. The quantitative estimate of drug-likeness (QED) is 0.660. The lowest BCUT2D eigenvalue weighted by atomic mass is 10.2. The van der Waals surface area contributed by atoms with E-state index < -0.39 is 0 Å². The molecule has 1 N–H and O–H groups in total. The molecular formula is C15H25NO3. The zero-order chi connectivity index (χ0) is 13.9. The smallest absolute Gasteiger partial charge is 0.119 e. The Morgan fingerprint density at radius 2 is 1.68 bits per heavy atom. The fourth-order valence-corrected chi connectivity index (χ4v) is 1.49. The zero-order valence-electron chi connectivity index (χ0n) is 12.1. The largest absolute Gasteiger partial charge is 0.491 e. The van der Waals surface area contributed by atoms with Gasteiger partial charge in [-0.05, 0) is 17.7 Å². The molecule has 0 aliphatic heterocycles. The molecule has 0 heterocycles. The predicted molar refractivity (Wildman–Crippen MR) is 76.6 cm³/mol. The standard InChI is InChI=1S/C15H25NO3/c1-13(2)16-12-14-4-6-15(7-5-14)19-11-10-18-9-8-17-3/h4-7,13,16H,8-12H2,1-3H3. The van der Waals surface area contributed by atoms with Crippen molar-refractivity contribution in [1.29, 1.82) is 0 Å². The van der Waals surface area contributed by atoms with Crippen molar-refractivity contribution in [2.45, 2.75) is 26.4 Å². The molecule has 1 rings (SSSR count). The van der Waals surface area contributed by atoms with Crippen molar-refractivity contribution < 1.29 is 14.2 Å². The molecule has 19 heavy (non-hydrogen) atoms. The van der Waals surface area contributed by atoms with Gasteiger partial charge >= 0.3 is 0 Å². The molecule has 0 saturated heterocycles. The van der Waals surface area contributed by atoms with Crippen LogP contribution < -0.4 is 10.1 Å². The molecule has 0 aliphatic carbocycles. The Morgan fingerprint density at radius 1 is 1.00 bits per heavy atom. The van der Waals surface area contributed by atoms with E-state index in [9.17, 15) is 0 Å². The molecule has 0 radical (unpaired) electrons. The van der Waals surface area contributed by atoms with Crippen LogP contribution in [0, 0.1) is 0 Å². The minimum Gasteiger partial charge on any atom is -0.491 e. The summed E-state index contributed by atoms with van der Waals surface area (Å²) in [5.41, 5.74) is 1.26. The summed E-state index contributed by atoms with van der Waals surface area (Å²) in [7, 11) is 1.66. The summed E-state index contributed by atoms with van der Waals surface area (Å²) in [6.45, 7) is 7.55. The van der Waals surface area contributed by atoms with Gasteiger partial charge in [0.15, 0.2) is 0 Å². The summed E-state index contributed by atoms with van der Waals surface area (Å²) >= 11 is 0. The van der Waals surface area contributed by atoms with E-state index in [4.69, 9.17) is 14.2 Å². The summed E-state index contributed by atoms with van der Waals surface area (Å²) < 4.78 is 15.8. The van der Waals surface area contributed by atoms with Gasteiger partial charge in [0, 0.05) is 19.7 Å². The van der Waals surface area contributed by atoms with E-state index >= 15 is 0 Å². The number of benzene rings is 1. The highest BCUT2D eigenvalue weighted by molar-refractivity contribution is 5.27.